The van der Waals surface area contributed by atoms with Crippen molar-refractivity contribution in [2.24, 2.45) is 5.41 Å². The molecule has 0 saturated carbocycles. The molecule has 0 heterocycles. The van der Waals surface area contributed by atoms with Crippen LogP contribution in [0.1, 0.15) is 25.8 Å². The van der Waals surface area contributed by atoms with Crippen molar-refractivity contribution in [3.05, 3.63) is 23.8 Å². The Labute approximate surface area is 108 Å². The van der Waals surface area contributed by atoms with Crippen molar-refractivity contribution >= 4 is 5.97 Å². The Morgan fingerprint density at radius 2 is 1.83 bits per heavy atom. The number of carbonyl (C=O) groups is 1. The Hall–Kier alpha value is -1.71. The number of hydrogen-bond donors (Lipinski definition) is 1. The van der Waals surface area contributed by atoms with Crippen molar-refractivity contribution in [2.75, 3.05) is 14.2 Å². The highest BCUT2D eigenvalue weighted by molar-refractivity contribution is 5.67. The number of ether oxygens (including phenoxy) is 2. The van der Waals surface area contributed by atoms with Crippen LogP contribution >= 0.6 is 0 Å². The van der Waals surface area contributed by atoms with Crippen LogP contribution in [0.15, 0.2) is 18.2 Å². The van der Waals surface area contributed by atoms with E-state index in [-0.39, 0.29) is 11.8 Å². The lowest BCUT2D eigenvalue weighted by Crippen LogP contribution is -2.19. The van der Waals surface area contributed by atoms with Crippen LogP contribution in [0.3, 0.4) is 0 Å². The lowest BCUT2D eigenvalue weighted by Gasteiger charge is -2.22. The third-order valence-electron chi connectivity index (χ3n) is 2.76. The molecule has 0 aromatic heterocycles. The van der Waals surface area contributed by atoms with E-state index in [2.05, 4.69) is 0 Å². The predicted octanol–water partition coefficient (Wildman–Crippen LogP) is 2.75. The lowest BCUT2D eigenvalue weighted by atomic mass is 9.82. The van der Waals surface area contributed by atoms with Gasteiger partial charge in [-0.05, 0) is 29.5 Å². The number of methoxy groups -OCH3 is 2. The summed E-state index contributed by atoms with van der Waals surface area (Å²) in [5, 5.41) is 8.87. The van der Waals surface area contributed by atoms with Crippen molar-refractivity contribution in [1.29, 1.82) is 0 Å². The van der Waals surface area contributed by atoms with Gasteiger partial charge in [0.1, 0.15) is 0 Å². The van der Waals surface area contributed by atoms with Gasteiger partial charge in [0.05, 0.1) is 20.6 Å². The zero-order chi connectivity index (χ0) is 13.8. The van der Waals surface area contributed by atoms with Gasteiger partial charge in [-0.3, -0.25) is 4.79 Å². The molecule has 18 heavy (non-hydrogen) atoms. The maximum absolute atomic E-state index is 10.8. The zero-order valence-electron chi connectivity index (χ0n) is 11.3. The van der Waals surface area contributed by atoms with Crippen LogP contribution in [-0.4, -0.2) is 25.3 Å². The normalized spacial score (nSPS) is 11.1. The highest BCUT2D eigenvalue weighted by atomic mass is 16.5. The summed E-state index contributed by atoms with van der Waals surface area (Å²) in [5.41, 5.74) is 0.754. The smallest absolute Gasteiger partial charge is 0.303 e. The first-order valence-corrected chi connectivity index (χ1v) is 5.80. The first-order valence-electron chi connectivity index (χ1n) is 5.80. The molecule has 4 heteroatoms. The highest BCUT2D eigenvalue weighted by Crippen LogP contribution is 2.32. The summed E-state index contributed by atoms with van der Waals surface area (Å²) in [6.07, 6.45) is 0.820. The summed E-state index contributed by atoms with van der Waals surface area (Å²) in [6, 6.07) is 5.67. The molecule has 1 aromatic carbocycles. The molecule has 0 aliphatic rings. The molecule has 1 aromatic rings. The van der Waals surface area contributed by atoms with Crippen LogP contribution in [0.5, 0.6) is 11.5 Å². The first-order chi connectivity index (χ1) is 8.38. The molecule has 0 amide bonds. The lowest BCUT2D eigenvalue weighted by molar-refractivity contribution is -0.139. The number of carboxylic acids is 1. The molecule has 0 aliphatic carbocycles. The van der Waals surface area contributed by atoms with Gasteiger partial charge in [0.25, 0.3) is 0 Å². The number of carboxylic acid groups (broad SMARTS) is 1. The third-order valence-corrected chi connectivity index (χ3v) is 2.76. The Balaban J connectivity index is 2.88. The molecule has 1 N–H and O–H groups in total. The summed E-state index contributed by atoms with van der Waals surface area (Å²) in [4.78, 5) is 10.8. The van der Waals surface area contributed by atoms with Gasteiger partial charge < -0.3 is 14.6 Å². The SMILES string of the molecule is COc1ccc(CC(C)(C)CC(=O)O)cc1OC. The summed E-state index contributed by atoms with van der Waals surface area (Å²) < 4.78 is 10.4. The summed E-state index contributed by atoms with van der Waals surface area (Å²) in [5.74, 6) is 0.568. The van der Waals surface area contributed by atoms with E-state index in [0.717, 1.165) is 5.56 Å². The van der Waals surface area contributed by atoms with E-state index >= 15 is 0 Å². The second-order valence-corrected chi connectivity index (χ2v) is 5.10. The molecule has 0 spiro atoms. The second-order valence-electron chi connectivity index (χ2n) is 5.10. The molecule has 0 aliphatic heterocycles. The van der Waals surface area contributed by atoms with Crippen molar-refractivity contribution in [2.45, 2.75) is 26.7 Å². The molecule has 0 unspecified atom stereocenters. The number of rotatable bonds is 6. The Bertz CT molecular complexity index is 424. The van der Waals surface area contributed by atoms with Crippen LogP contribution in [0, 0.1) is 5.41 Å². The zero-order valence-corrected chi connectivity index (χ0v) is 11.3. The Morgan fingerprint density at radius 3 is 2.33 bits per heavy atom. The van der Waals surface area contributed by atoms with Crippen molar-refractivity contribution in [3.8, 4) is 11.5 Å². The van der Waals surface area contributed by atoms with Gasteiger partial charge in [-0.1, -0.05) is 19.9 Å². The van der Waals surface area contributed by atoms with Crippen LogP contribution < -0.4 is 9.47 Å². The minimum absolute atomic E-state index is 0.140. The fourth-order valence-corrected chi connectivity index (χ4v) is 2.02. The monoisotopic (exact) mass is 252 g/mol. The molecule has 4 nitrogen and oxygen atoms in total. The second kappa shape index (κ2) is 5.76. The number of hydrogen-bond acceptors (Lipinski definition) is 3. The largest absolute Gasteiger partial charge is 0.493 e. The quantitative estimate of drug-likeness (QED) is 0.845. The van der Waals surface area contributed by atoms with E-state index in [0.29, 0.717) is 17.9 Å². The fraction of sp³-hybridized carbons (Fsp3) is 0.500. The van der Waals surface area contributed by atoms with Crippen molar-refractivity contribution < 1.29 is 19.4 Å². The van der Waals surface area contributed by atoms with Crippen molar-refractivity contribution in [1.82, 2.24) is 0 Å². The van der Waals surface area contributed by atoms with Crippen LogP contribution in [0.4, 0.5) is 0 Å². The van der Waals surface area contributed by atoms with Crippen LogP contribution in [0.25, 0.3) is 0 Å². The van der Waals surface area contributed by atoms with Crippen LogP contribution in [-0.2, 0) is 11.2 Å². The summed E-state index contributed by atoms with van der Waals surface area (Å²) in [6.45, 7) is 3.88. The van der Waals surface area contributed by atoms with Crippen LogP contribution in [0.2, 0.25) is 0 Å². The van der Waals surface area contributed by atoms with Gasteiger partial charge in [-0.25, -0.2) is 0 Å². The van der Waals surface area contributed by atoms with Gasteiger partial charge in [0.15, 0.2) is 11.5 Å². The van der Waals surface area contributed by atoms with Gasteiger partial charge in [-0.2, -0.15) is 0 Å². The Morgan fingerprint density at radius 1 is 1.22 bits per heavy atom. The van der Waals surface area contributed by atoms with Gasteiger partial charge >= 0.3 is 5.97 Å². The third kappa shape index (κ3) is 3.95. The number of benzene rings is 1. The molecule has 0 radical (unpaired) electrons. The number of aliphatic carboxylic acids is 1. The highest BCUT2D eigenvalue weighted by Gasteiger charge is 2.22. The molecule has 0 bridgehead atoms. The minimum atomic E-state index is -0.777. The van der Waals surface area contributed by atoms with E-state index in [9.17, 15) is 4.79 Å². The average Bonchev–Trinajstić information content (AvgIpc) is 2.26. The summed E-state index contributed by atoms with van der Waals surface area (Å²) >= 11 is 0. The molecule has 100 valence electrons. The molecule has 0 fully saturated rings. The van der Waals surface area contributed by atoms with Gasteiger partial charge in [-0.15, -0.1) is 0 Å². The topological polar surface area (TPSA) is 55.8 Å². The predicted molar refractivity (Wildman–Crippen MR) is 69.3 cm³/mol. The summed E-state index contributed by atoms with van der Waals surface area (Å²) in [7, 11) is 3.18. The van der Waals surface area contributed by atoms with Crippen molar-refractivity contribution in [3.63, 3.8) is 0 Å². The molecule has 0 atom stereocenters. The standard InChI is InChI=1S/C14H20O4/c1-14(2,9-13(15)16)8-10-5-6-11(17-3)12(7-10)18-4/h5-7H,8-9H2,1-4H3,(H,15,16). The fourth-order valence-electron chi connectivity index (χ4n) is 2.02. The molecular weight excluding hydrogens is 232 g/mol. The maximum atomic E-state index is 10.8. The first kappa shape index (κ1) is 14.4. The van der Waals surface area contributed by atoms with E-state index in [4.69, 9.17) is 14.6 Å². The van der Waals surface area contributed by atoms with E-state index in [1.165, 1.54) is 0 Å². The average molecular weight is 252 g/mol. The van der Waals surface area contributed by atoms with E-state index in [1.54, 1.807) is 14.2 Å². The molecule has 0 saturated heterocycles. The van der Waals surface area contributed by atoms with Gasteiger partial charge in [0.2, 0.25) is 0 Å². The van der Waals surface area contributed by atoms with E-state index < -0.39 is 5.97 Å². The van der Waals surface area contributed by atoms with E-state index in [1.807, 2.05) is 32.0 Å². The Kier molecular flexibility index (Phi) is 4.59. The maximum Gasteiger partial charge on any atom is 0.303 e. The molecule has 1 rings (SSSR count). The van der Waals surface area contributed by atoms with Gasteiger partial charge in [0, 0.05) is 0 Å². The molecular formula is C14H20O4. The minimum Gasteiger partial charge on any atom is -0.493 e.